The van der Waals surface area contributed by atoms with Gasteiger partial charge in [0.25, 0.3) is 0 Å². The van der Waals surface area contributed by atoms with Crippen molar-refractivity contribution in [2.45, 2.75) is 78.8 Å². The van der Waals surface area contributed by atoms with Crippen molar-refractivity contribution in [3.8, 4) is 0 Å². The molecule has 1 saturated heterocycles. The van der Waals surface area contributed by atoms with Crippen molar-refractivity contribution in [3.05, 3.63) is 0 Å². The zero-order chi connectivity index (χ0) is 13.8. The third-order valence-corrected chi connectivity index (χ3v) is 4.77. The van der Waals surface area contributed by atoms with Crippen molar-refractivity contribution in [1.82, 2.24) is 10.2 Å². The highest BCUT2D eigenvalue weighted by Gasteiger charge is 2.38. The quantitative estimate of drug-likeness (QED) is 0.805. The van der Waals surface area contributed by atoms with E-state index in [9.17, 15) is 0 Å². The van der Waals surface area contributed by atoms with Gasteiger partial charge in [-0.05, 0) is 37.6 Å². The maximum Gasteiger partial charge on any atom is 0.0329 e. The van der Waals surface area contributed by atoms with E-state index in [0.717, 1.165) is 0 Å². The van der Waals surface area contributed by atoms with Gasteiger partial charge >= 0.3 is 0 Å². The number of nitrogens with one attached hydrogen (secondary N) is 1. The molecule has 1 fully saturated rings. The van der Waals surface area contributed by atoms with Gasteiger partial charge in [-0.1, -0.05) is 41.5 Å². The van der Waals surface area contributed by atoms with Gasteiger partial charge in [-0.25, -0.2) is 0 Å². The van der Waals surface area contributed by atoms with Crippen LogP contribution in [0.1, 0.15) is 67.2 Å². The molecule has 1 aliphatic rings. The van der Waals surface area contributed by atoms with Crippen LogP contribution in [0.15, 0.2) is 0 Å². The molecule has 0 spiro atoms. The number of hydrogen-bond acceptors (Lipinski definition) is 2. The Kier molecular flexibility index (Phi) is 5.67. The average molecular weight is 254 g/mol. The highest BCUT2D eigenvalue weighted by atomic mass is 15.3. The predicted octanol–water partition coefficient (Wildman–Crippen LogP) is 3.67. The fourth-order valence-electron chi connectivity index (χ4n) is 2.99. The first kappa shape index (κ1) is 16.0. The van der Waals surface area contributed by atoms with Gasteiger partial charge in [0, 0.05) is 24.7 Å². The standard InChI is InChI=1S/C16H34N2/c1-7-14-12-18(11-10-15(4,5)6)16(8-2,9-3)13-17-14/h14,17H,7-13H2,1-6H3. The number of piperazine rings is 1. The second-order valence-corrected chi connectivity index (χ2v) is 7.17. The molecule has 0 amide bonds. The van der Waals surface area contributed by atoms with E-state index in [2.05, 4.69) is 51.8 Å². The molecule has 1 aliphatic heterocycles. The highest BCUT2D eigenvalue weighted by Crippen LogP contribution is 2.30. The lowest BCUT2D eigenvalue weighted by Gasteiger charge is -2.50. The fraction of sp³-hybridized carbons (Fsp3) is 1.00. The molecule has 108 valence electrons. The molecule has 0 aromatic heterocycles. The van der Waals surface area contributed by atoms with Gasteiger partial charge < -0.3 is 5.32 Å². The first-order valence-electron chi connectivity index (χ1n) is 7.85. The van der Waals surface area contributed by atoms with Crippen molar-refractivity contribution < 1.29 is 0 Å². The van der Waals surface area contributed by atoms with Crippen LogP contribution in [0.2, 0.25) is 0 Å². The van der Waals surface area contributed by atoms with Crippen LogP contribution in [0.25, 0.3) is 0 Å². The predicted molar refractivity (Wildman–Crippen MR) is 81.0 cm³/mol. The summed E-state index contributed by atoms with van der Waals surface area (Å²) in [5.41, 5.74) is 0.844. The summed E-state index contributed by atoms with van der Waals surface area (Å²) in [5.74, 6) is 0. The molecule has 0 aliphatic carbocycles. The van der Waals surface area contributed by atoms with Crippen molar-refractivity contribution in [1.29, 1.82) is 0 Å². The van der Waals surface area contributed by atoms with Crippen LogP contribution in [0.4, 0.5) is 0 Å². The normalized spacial score (nSPS) is 25.3. The van der Waals surface area contributed by atoms with Gasteiger partial charge in [0.2, 0.25) is 0 Å². The van der Waals surface area contributed by atoms with Gasteiger partial charge in [-0.15, -0.1) is 0 Å². The molecule has 1 heterocycles. The molecule has 1 atom stereocenters. The van der Waals surface area contributed by atoms with Crippen LogP contribution in [0.5, 0.6) is 0 Å². The molecule has 1 unspecified atom stereocenters. The minimum absolute atomic E-state index is 0.400. The summed E-state index contributed by atoms with van der Waals surface area (Å²) in [6, 6.07) is 0.691. The summed E-state index contributed by atoms with van der Waals surface area (Å²) in [6.07, 6.45) is 5.06. The number of rotatable bonds is 5. The number of nitrogens with zero attached hydrogens (tertiary/aromatic N) is 1. The molecule has 0 aromatic rings. The van der Waals surface area contributed by atoms with E-state index in [1.165, 1.54) is 45.3 Å². The molecule has 2 nitrogen and oxygen atoms in total. The Morgan fingerprint density at radius 2 is 1.78 bits per heavy atom. The highest BCUT2D eigenvalue weighted by molar-refractivity contribution is 4.97. The van der Waals surface area contributed by atoms with E-state index in [-0.39, 0.29) is 0 Å². The van der Waals surface area contributed by atoms with Crippen LogP contribution >= 0.6 is 0 Å². The molecule has 18 heavy (non-hydrogen) atoms. The molecule has 0 bridgehead atoms. The Balaban J connectivity index is 2.71. The minimum Gasteiger partial charge on any atom is -0.311 e. The third kappa shape index (κ3) is 3.96. The Labute approximate surface area is 115 Å². The zero-order valence-electron chi connectivity index (χ0n) is 13.5. The van der Waals surface area contributed by atoms with Gasteiger partial charge in [-0.3, -0.25) is 4.90 Å². The zero-order valence-corrected chi connectivity index (χ0v) is 13.5. The summed E-state index contributed by atoms with van der Waals surface area (Å²) in [4.78, 5) is 2.78. The average Bonchev–Trinajstić information content (AvgIpc) is 2.35. The Morgan fingerprint density at radius 1 is 1.17 bits per heavy atom. The Morgan fingerprint density at radius 3 is 2.22 bits per heavy atom. The van der Waals surface area contributed by atoms with E-state index in [4.69, 9.17) is 0 Å². The van der Waals surface area contributed by atoms with E-state index in [0.29, 0.717) is 17.0 Å². The van der Waals surface area contributed by atoms with Crippen LogP contribution < -0.4 is 5.32 Å². The lowest BCUT2D eigenvalue weighted by Crippen LogP contribution is -2.64. The van der Waals surface area contributed by atoms with Crippen LogP contribution in [-0.2, 0) is 0 Å². The maximum absolute atomic E-state index is 3.75. The second-order valence-electron chi connectivity index (χ2n) is 7.17. The molecular formula is C16H34N2. The van der Waals surface area contributed by atoms with Crippen LogP contribution in [0.3, 0.4) is 0 Å². The van der Waals surface area contributed by atoms with Crippen LogP contribution in [-0.4, -0.2) is 36.1 Å². The van der Waals surface area contributed by atoms with Crippen molar-refractivity contribution >= 4 is 0 Å². The monoisotopic (exact) mass is 254 g/mol. The smallest absolute Gasteiger partial charge is 0.0329 e. The van der Waals surface area contributed by atoms with Gasteiger partial charge in [0.15, 0.2) is 0 Å². The topological polar surface area (TPSA) is 15.3 Å². The molecule has 0 radical (unpaired) electrons. The minimum atomic E-state index is 0.400. The van der Waals surface area contributed by atoms with Gasteiger partial charge in [0.1, 0.15) is 0 Å². The largest absolute Gasteiger partial charge is 0.311 e. The summed E-state index contributed by atoms with van der Waals surface area (Å²) >= 11 is 0. The summed E-state index contributed by atoms with van der Waals surface area (Å²) in [5, 5.41) is 3.75. The van der Waals surface area contributed by atoms with E-state index in [1.54, 1.807) is 0 Å². The van der Waals surface area contributed by atoms with Crippen LogP contribution in [0, 0.1) is 5.41 Å². The maximum atomic E-state index is 3.75. The second kappa shape index (κ2) is 6.38. The molecule has 2 heteroatoms. The lowest BCUT2D eigenvalue weighted by atomic mass is 9.85. The van der Waals surface area contributed by atoms with Gasteiger partial charge in [-0.2, -0.15) is 0 Å². The summed E-state index contributed by atoms with van der Waals surface area (Å²) in [7, 11) is 0. The van der Waals surface area contributed by atoms with Gasteiger partial charge in [0.05, 0.1) is 0 Å². The summed E-state index contributed by atoms with van der Waals surface area (Å²) < 4.78 is 0. The summed E-state index contributed by atoms with van der Waals surface area (Å²) in [6.45, 7) is 17.7. The van der Waals surface area contributed by atoms with Crippen molar-refractivity contribution in [2.75, 3.05) is 19.6 Å². The van der Waals surface area contributed by atoms with E-state index in [1.807, 2.05) is 0 Å². The van der Waals surface area contributed by atoms with Crippen molar-refractivity contribution in [3.63, 3.8) is 0 Å². The Bertz CT molecular complexity index is 238. The number of hydrogen-bond donors (Lipinski definition) is 1. The molecule has 1 N–H and O–H groups in total. The fourth-order valence-corrected chi connectivity index (χ4v) is 2.99. The SMILES string of the molecule is CCC1CN(CCC(C)(C)C)C(CC)(CC)CN1. The Hall–Kier alpha value is -0.0800. The molecule has 0 saturated carbocycles. The molecular weight excluding hydrogens is 220 g/mol. The van der Waals surface area contributed by atoms with Crippen molar-refractivity contribution in [2.24, 2.45) is 5.41 Å². The van der Waals surface area contributed by atoms with E-state index >= 15 is 0 Å². The first-order valence-corrected chi connectivity index (χ1v) is 7.85. The third-order valence-electron chi connectivity index (χ3n) is 4.77. The first-order chi connectivity index (χ1) is 8.37. The lowest BCUT2D eigenvalue weighted by molar-refractivity contribution is 0.0229. The van der Waals surface area contributed by atoms with E-state index < -0.39 is 0 Å². The molecule has 1 rings (SSSR count). The molecule has 0 aromatic carbocycles.